The number of benzene rings is 1. The Kier molecular flexibility index (Phi) is 3.18. The SMILES string of the molecule is CNC(c1sccc1Cl)C1(c2ccccc2)CC1. The Balaban J connectivity index is 2.00. The number of halogens is 1. The van der Waals surface area contributed by atoms with Crippen molar-refractivity contribution in [1.82, 2.24) is 5.32 Å². The smallest absolute Gasteiger partial charge is 0.0561 e. The monoisotopic (exact) mass is 277 g/mol. The highest BCUT2D eigenvalue weighted by atomic mass is 35.5. The molecule has 1 nitrogen and oxygen atoms in total. The minimum Gasteiger partial charge on any atom is -0.312 e. The molecule has 1 fully saturated rings. The standard InChI is InChI=1S/C15H16ClNS/c1-17-14(13-12(16)7-10-18-13)15(8-9-15)11-5-3-2-4-6-11/h2-7,10,14,17H,8-9H2,1H3. The largest absolute Gasteiger partial charge is 0.312 e. The molecule has 1 heterocycles. The molecule has 1 unspecified atom stereocenters. The molecule has 0 amide bonds. The summed E-state index contributed by atoms with van der Waals surface area (Å²) in [6, 6.07) is 13.1. The van der Waals surface area contributed by atoms with Gasteiger partial charge in [-0.3, -0.25) is 0 Å². The van der Waals surface area contributed by atoms with Crippen LogP contribution in [0.15, 0.2) is 41.8 Å². The van der Waals surface area contributed by atoms with Gasteiger partial charge in [0.25, 0.3) is 0 Å². The normalized spacial score (nSPS) is 18.6. The van der Waals surface area contributed by atoms with Gasteiger partial charge in [0.15, 0.2) is 0 Å². The summed E-state index contributed by atoms with van der Waals surface area (Å²) < 4.78 is 0. The summed E-state index contributed by atoms with van der Waals surface area (Å²) in [5.74, 6) is 0. The summed E-state index contributed by atoms with van der Waals surface area (Å²) in [4.78, 5) is 1.26. The van der Waals surface area contributed by atoms with E-state index >= 15 is 0 Å². The first-order chi connectivity index (χ1) is 8.78. The first-order valence-electron chi connectivity index (χ1n) is 6.23. The Bertz CT molecular complexity index is 530. The van der Waals surface area contributed by atoms with Crippen LogP contribution in [-0.2, 0) is 5.41 Å². The van der Waals surface area contributed by atoms with Crippen molar-refractivity contribution in [3.63, 3.8) is 0 Å². The molecule has 0 aliphatic heterocycles. The van der Waals surface area contributed by atoms with Crippen molar-refractivity contribution in [2.45, 2.75) is 24.3 Å². The van der Waals surface area contributed by atoms with Crippen molar-refractivity contribution in [2.24, 2.45) is 0 Å². The molecule has 3 heteroatoms. The molecule has 1 aromatic carbocycles. The molecule has 1 aliphatic carbocycles. The van der Waals surface area contributed by atoms with E-state index in [1.165, 1.54) is 23.3 Å². The second kappa shape index (κ2) is 4.69. The fraction of sp³-hybridized carbons (Fsp3) is 0.333. The Labute approximate surface area is 117 Å². The molecule has 0 spiro atoms. The summed E-state index contributed by atoms with van der Waals surface area (Å²) in [6.45, 7) is 0. The van der Waals surface area contributed by atoms with Crippen molar-refractivity contribution in [3.8, 4) is 0 Å². The zero-order chi connectivity index (χ0) is 12.6. The van der Waals surface area contributed by atoms with Crippen molar-refractivity contribution in [2.75, 3.05) is 7.05 Å². The fourth-order valence-electron chi connectivity index (χ4n) is 2.82. The Morgan fingerprint density at radius 2 is 1.94 bits per heavy atom. The Hall–Kier alpha value is -0.830. The van der Waals surface area contributed by atoms with Crippen LogP contribution in [0.4, 0.5) is 0 Å². The van der Waals surface area contributed by atoms with Gasteiger partial charge in [-0.2, -0.15) is 0 Å². The van der Waals surface area contributed by atoms with Crippen molar-refractivity contribution < 1.29 is 0 Å². The molecule has 1 N–H and O–H groups in total. The van der Waals surface area contributed by atoms with Gasteiger partial charge in [0.05, 0.1) is 11.1 Å². The third kappa shape index (κ3) is 1.89. The van der Waals surface area contributed by atoms with E-state index in [2.05, 4.69) is 41.0 Å². The highest BCUT2D eigenvalue weighted by Gasteiger charge is 2.51. The van der Waals surface area contributed by atoms with Crippen LogP contribution in [0.1, 0.15) is 29.3 Å². The average Bonchev–Trinajstić information content (AvgIpc) is 3.10. The van der Waals surface area contributed by atoms with Crippen LogP contribution in [0.5, 0.6) is 0 Å². The molecule has 0 radical (unpaired) electrons. The van der Waals surface area contributed by atoms with Gasteiger partial charge in [0.2, 0.25) is 0 Å². The van der Waals surface area contributed by atoms with Crippen LogP contribution in [0.2, 0.25) is 5.02 Å². The molecule has 94 valence electrons. The summed E-state index contributed by atoms with van der Waals surface area (Å²) in [6.07, 6.45) is 2.47. The first-order valence-corrected chi connectivity index (χ1v) is 7.49. The molecule has 1 atom stereocenters. The minimum absolute atomic E-state index is 0.241. The minimum atomic E-state index is 0.241. The molecule has 0 bridgehead atoms. The van der Waals surface area contributed by atoms with Crippen LogP contribution in [0.25, 0.3) is 0 Å². The predicted octanol–water partition coefficient (Wildman–Crippen LogP) is 4.39. The third-order valence-electron chi connectivity index (χ3n) is 3.89. The molecule has 2 aromatic rings. The number of likely N-dealkylation sites (N-methyl/N-ethyl adjacent to an activating group) is 1. The summed E-state index contributed by atoms with van der Waals surface area (Å²) in [7, 11) is 2.03. The average molecular weight is 278 g/mol. The highest BCUT2D eigenvalue weighted by molar-refractivity contribution is 7.10. The van der Waals surface area contributed by atoms with E-state index in [-0.39, 0.29) is 5.41 Å². The Morgan fingerprint density at radius 3 is 2.44 bits per heavy atom. The zero-order valence-corrected chi connectivity index (χ0v) is 11.9. The van der Waals surface area contributed by atoms with E-state index in [0.717, 1.165) is 5.02 Å². The van der Waals surface area contributed by atoms with Crippen molar-refractivity contribution >= 4 is 22.9 Å². The van der Waals surface area contributed by atoms with Gasteiger partial charge in [-0.1, -0.05) is 41.9 Å². The number of hydrogen-bond donors (Lipinski definition) is 1. The summed E-state index contributed by atoms with van der Waals surface area (Å²) in [5.41, 5.74) is 1.67. The highest BCUT2D eigenvalue weighted by Crippen LogP contribution is 2.57. The maximum Gasteiger partial charge on any atom is 0.0561 e. The van der Waals surface area contributed by atoms with E-state index in [1.807, 2.05) is 13.1 Å². The van der Waals surface area contributed by atoms with Gasteiger partial charge in [0, 0.05) is 10.3 Å². The van der Waals surface area contributed by atoms with Gasteiger partial charge in [0.1, 0.15) is 0 Å². The summed E-state index contributed by atoms with van der Waals surface area (Å²) >= 11 is 8.05. The van der Waals surface area contributed by atoms with Gasteiger partial charge in [-0.15, -0.1) is 11.3 Å². The lowest BCUT2D eigenvalue weighted by atomic mass is 9.87. The van der Waals surface area contributed by atoms with Crippen LogP contribution >= 0.6 is 22.9 Å². The maximum absolute atomic E-state index is 6.31. The third-order valence-corrected chi connectivity index (χ3v) is 5.31. The number of thiophene rings is 1. The fourth-order valence-corrected chi connectivity index (χ4v) is 4.21. The van der Waals surface area contributed by atoms with E-state index in [9.17, 15) is 0 Å². The Morgan fingerprint density at radius 1 is 1.22 bits per heavy atom. The lowest BCUT2D eigenvalue weighted by Gasteiger charge is -2.27. The van der Waals surface area contributed by atoms with Crippen LogP contribution in [-0.4, -0.2) is 7.05 Å². The molecule has 1 aromatic heterocycles. The molecular formula is C15H16ClNS. The quantitative estimate of drug-likeness (QED) is 0.874. The molecule has 0 saturated heterocycles. The van der Waals surface area contributed by atoms with Gasteiger partial charge in [-0.05, 0) is 36.9 Å². The molecule has 1 aliphatic rings. The van der Waals surface area contributed by atoms with Crippen molar-refractivity contribution in [3.05, 3.63) is 57.2 Å². The van der Waals surface area contributed by atoms with E-state index in [0.29, 0.717) is 6.04 Å². The molecule has 3 rings (SSSR count). The summed E-state index contributed by atoms with van der Waals surface area (Å²) in [5, 5.41) is 6.44. The number of rotatable bonds is 4. The lowest BCUT2D eigenvalue weighted by Crippen LogP contribution is -2.29. The van der Waals surface area contributed by atoms with Gasteiger partial charge >= 0.3 is 0 Å². The lowest BCUT2D eigenvalue weighted by molar-refractivity contribution is 0.470. The van der Waals surface area contributed by atoms with E-state index < -0.39 is 0 Å². The number of hydrogen-bond acceptors (Lipinski definition) is 2. The topological polar surface area (TPSA) is 12.0 Å². The predicted molar refractivity (Wildman–Crippen MR) is 78.5 cm³/mol. The van der Waals surface area contributed by atoms with E-state index in [1.54, 1.807) is 11.3 Å². The van der Waals surface area contributed by atoms with Crippen LogP contribution in [0, 0.1) is 0 Å². The zero-order valence-electron chi connectivity index (χ0n) is 10.3. The molecule has 18 heavy (non-hydrogen) atoms. The second-order valence-corrected chi connectivity index (χ2v) is 6.23. The maximum atomic E-state index is 6.31. The van der Waals surface area contributed by atoms with Gasteiger partial charge < -0.3 is 5.32 Å². The number of nitrogens with one attached hydrogen (secondary N) is 1. The molecule has 1 saturated carbocycles. The molecular weight excluding hydrogens is 262 g/mol. The van der Waals surface area contributed by atoms with Crippen LogP contribution in [0.3, 0.4) is 0 Å². The van der Waals surface area contributed by atoms with E-state index in [4.69, 9.17) is 11.6 Å². The second-order valence-electron chi connectivity index (χ2n) is 4.88. The van der Waals surface area contributed by atoms with Crippen LogP contribution < -0.4 is 5.32 Å². The van der Waals surface area contributed by atoms with Gasteiger partial charge in [-0.25, -0.2) is 0 Å². The first kappa shape index (κ1) is 12.2. The van der Waals surface area contributed by atoms with Crippen molar-refractivity contribution in [1.29, 1.82) is 0 Å².